The molecule has 0 unspecified atom stereocenters. The van der Waals surface area contributed by atoms with Gasteiger partial charge in [0.15, 0.2) is 0 Å². The summed E-state index contributed by atoms with van der Waals surface area (Å²) in [7, 11) is 0. The number of ether oxygens (including phenoxy) is 1. The average Bonchev–Trinajstić information content (AvgIpc) is 2.15. The summed E-state index contributed by atoms with van der Waals surface area (Å²) in [6.07, 6.45) is 1.66. The summed E-state index contributed by atoms with van der Waals surface area (Å²) >= 11 is 0. The van der Waals surface area contributed by atoms with Crippen molar-refractivity contribution in [2.45, 2.75) is 13.8 Å². The molecule has 0 aliphatic heterocycles. The predicted molar refractivity (Wildman–Crippen MR) is 54.1 cm³/mol. The molecule has 1 aromatic heterocycles. The van der Waals surface area contributed by atoms with Gasteiger partial charge < -0.3 is 10.1 Å². The quantitative estimate of drug-likeness (QED) is 0.787. The zero-order valence-electron chi connectivity index (χ0n) is 8.41. The van der Waals surface area contributed by atoms with Crippen molar-refractivity contribution >= 4 is 11.6 Å². The van der Waals surface area contributed by atoms with E-state index in [1.807, 2.05) is 19.9 Å². The third kappa shape index (κ3) is 3.53. The summed E-state index contributed by atoms with van der Waals surface area (Å²) < 4.78 is 4.97. The molecule has 0 bridgehead atoms. The zero-order chi connectivity index (χ0) is 10.4. The van der Waals surface area contributed by atoms with Crippen molar-refractivity contribution in [2.24, 2.45) is 0 Å². The number of carbonyl (C=O) groups is 1. The van der Waals surface area contributed by atoms with E-state index < -0.39 is 0 Å². The third-order valence-electron chi connectivity index (χ3n) is 1.62. The second kappa shape index (κ2) is 5.34. The number of aryl methyl sites for hydroxylation is 1. The largest absolute Gasteiger partial charge is 0.372 e. The van der Waals surface area contributed by atoms with Crippen molar-refractivity contribution in [2.75, 3.05) is 18.5 Å². The highest BCUT2D eigenvalue weighted by molar-refractivity contribution is 5.91. The minimum absolute atomic E-state index is 0.0951. The van der Waals surface area contributed by atoms with Gasteiger partial charge in [-0.1, -0.05) is 0 Å². The van der Waals surface area contributed by atoms with Crippen LogP contribution in [-0.4, -0.2) is 24.1 Å². The van der Waals surface area contributed by atoms with Gasteiger partial charge in [-0.05, 0) is 26.0 Å². The van der Waals surface area contributed by atoms with Crippen LogP contribution in [0.15, 0.2) is 18.3 Å². The average molecular weight is 194 g/mol. The van der Waals surface area contributed by atoms with E-state index in [2.05, 4.69) is 10.3 Å². The Balaban J connectivity index is 2.47. The molecule has 0 saturated heterocycles. The fourth-order valence-corrected chi connectivity index (χ4v) is 1.02. The lowest BCUT2D eigenvalue weighted by Crippen LogP contribution is -2.18. The van der Waals surface area contributed by atoms with E-state index in [1.54, 1.807) is 12.3 Å². The maximum atomic E-state index is 11.2. The first-order valence-corrected chi connectivity index (χ1v) is 4.52. The summed E-state index contributed by atoms with van der Waals surface area (Å²) in [5.41, 5.74) is 1.63. The molecular formula is C10H14N2O2. The van der Waals surface area contributed by atoms with E-state index in [4.69, 9.17) is 4.74 Å². The molecule has 1 amide bonds. The molecule has 4 heteroatoms. The Morgan fingerprint density at radius 1 is 1.64 bits per heavy atom. The Hall–Kier alpha value is -1.42. The van der Waals surface area contributed by atoms with Crippen LogP contribution < -0.4 is 5.32 Å². The van der Waals surface area contributed by atoms with E-state index in [9.17, 15) is 4.79 Å². The van der Waals surface area contributed by atoms with Crippen LogP contribution in [0.3, 0.4) is 0 Å². The van der Waals surface area contributed by atoms with Crippen molar-refractivity contribution in [3.05, 3.63) is 24.0 Å². The first kappa shape index (κ1) is 10.7. The van der Waals surface area contributed by atoms with Gasteiger partial charge in [-0.3, -0.25) is 9.78 Å². The molecule has 1 heterocycles. The number of pyridine rings is 1. The normalized spacial score (nSPS) is 9.86. The molecule has 0 aliphatic carbocycles. The first-order chi connectivity index (χ1) is 6.72. The summed E-state index contributed by atoms with van der Waals surface area (Å²) in [5, 5.41) is 2.71. The standard InChI is InChI=1S/C10H14N2O2/c1-3-14-7-10(13)12-9-4-5-11-8(2)6-9/h4-6H,3,7H2,1-2H3,(H,11,12,13). The number of anilines is 1. The number of carbonyl (C=O) groups excluding carboxylic acids is 1. The summed E-state index contributed by atoms with van der Waals surface area (Å²) in [6, 6.07) is 3.56. The van der Waals surface area contributed by atoms with E-state index in [1.165, 1.54) is 0 Å². The fraction of sp³-hybridized carbons (Fsp3) is 0.400. The molecule has 0 spiro atoms. The van der Waals surface area contributed by atoms with Crippen LogP contribution in [-0.2, 0) is 9.53 Å². The van der Waals surface area contributed by atoms with Crippen LogP contribution >= 0.6 is 0 Å². The monoisotopic (exact) mass is 194 g/mol. The molecule has 0 aromatic carbocycles. The Kier molecular flexibility index (Phi) is 4.07. The highest BCUT2D eigenvalue weighted by Crippen LogP contribution is 2.06. The molecule has 1 aromatic rings. The van der Waals surface area contributed by atoms with Gasteiger partial charge in [0, 0.05) is 24.2 Å². The van der Waals surface area contributed by atoms with E-state index in [0.717, 1.165) is 11.4 Å². The summed E-state index contributed by atoms with van der Waals surface area (Å²) in [6.45, 7) is 4.36. The van der Waals surface area contributed by atoms with Gasteiger partial charge >= 0.3 is 0 Å². The van der Waals surface area contributed by atoms with Gasteiger partial charge in [0.05, 0.1) is 0 Å². The number of hydrogen-bond acceptors (Lipinski definition) is 3. The third-order valence-corrected chi connectivity index (χ3v) is 1.62. The maximum absolute atomic E-state index is 11.2. The van der Waals surface area contributed by atoms with E-state index in [-0.39, 0.29) is 12.5 Å². The predicted octanol–water partition coefficient (Wildman–Crippen LogP) is 1.37. The SMILES string of the molecule is CCOCC(=O)Nc1ccnc(C)c1. The molecule has 0 fully saturated rings. The first-order valence-electron chi connectivity index (χ1n) is 4.52. The van der Waals surface area contributed by atoms with Crippen molar-refractivity contribution in [1.82, 2.24) is 4.98 Å². The van der Waals surface area contributed by atoms with Crippen LogP contribution in [0.2, 0.25) is 0 Å². The van der Waals surface area contributed by atoms with Crippen LogP contribution in [0.5, 0.6) is 0 Å². The minimum atomic E-state index is -0.141. The number of nitrogens with zero attached hydrogens (tertiary/aromatic N) is 1. The Labute approximate surface area is 83.3 Å². The second-order valence-electron chi connectivity index (χ2n) is 2.87. The van der Waals surface area contributed by atoms with Gasteiger partial charge in [-0.15, -0.1) is 0 Å². The van der Waals surface area contributed by atoms with Crippen LogP contribution in [0.4, 0.5) is 5.69 Å². The highest BCUT2D eigenvalue weighted by Gasteiger charge is 2.01. The van der Waals surface area contributed by atoms with Crippen LogP contribution in [0.1, 0.15) is 12.6 Å². The lowest BCUT2D eigenvalue weighted by Gasteiger charge is -2.05. The molecule has 0 aliphatic rings. The Bertz CT molecular complexity index is 313. The molecule has 0 atom stereocenters. The maximum Gasteiger partial charge on any atom is 0.250 e. The van der Waals surface area contributed by atoms with Gasteiger partial charge in [0.2, 0.25) is 5.91 Å². The number of aromatic nitrogens is 1. The lowest BCUT2D eigenvalue weighted by molar-refractivity contribution is -0.120. The van der Waals surface area contributed by atoms with Crippen LogP contribution in [0, 0.1) is 6.92 Å². The number of hydrogen-bond donors (Lipinski definition) is 1. The smallest absolute Gasteiger partial charge is 0.250 e. The van der Waals surface area contributed by atoms with Crippen LogP contribution in [0.25, 0.3) is 0 Å². The number of nitrogens with one attached hydrogen (secondary N) is 1. The minimum Gasteiger partial charge on any atom is -0.372 e. The molecule has 0 radical (unpaired) electrons. The fourth-order valence-electron chi connectivity index (χ4n) is 1.02. The van der Waals surface area contributed by atoms with E-state index >= 15 is 0 Å². The van der Waals surface area contributed by atoms with Gasteiger partial charge in [0.25, 0.3) is 0 Å². The number of amides is 1. The topological polar surface area (TPSA) is 51.2 Å². The lowest BCUT2D eigenvalue weighted by atomic mass is 10.3. The van der Waals surface area contributed by atoms with Gasteiger partial charge in [-0.25, -0.2) is 0 Å². The molecule has 14 heavy (non-hydrogen) atoms. The molecule has 0 saturated carbocycles. The van der Waals surface area contributed by atoms with Gasteiger partial charge in [-0.2, -0.15) is 0 Å². The molecular weight excluding hydrogens is 180 g/mol. The summed E-state index contributed by atoms with van der Waals surface area (Å²) in [5.74, 6) is -0.141. The molecule has 1 rings (SSSR count). The number of rotatable bonds is 4. The molecule has 1 N–H and O–H groups in total. The second-order valence-corrected chi connectivity index (χ2v) is 2.87. The Morgan fingerprint density at radius 3 is 3.07 bits per heavy atom. The van der Waals surface area contributed by atoms with Crippen molar-refractivity contribution < 1.29 is 9.53 Å². The van der Waals surface area contributed by atoms with Crippen molar-refractivity contribution in [3.8, 4) is 0 Å². The molecule has 4 nitrogen and oxygen atoms in total. The highest BCUT2D eigenvalue weighted by atomic mass is 16.5. The van der Waals surface area contributed by atoms with Crippen molar-refractivity contribution in [3.63, 3.8) is 0 Å². The molecule has 76 valence electrons. The van der Waals surface area contributed by atoms with Crippen molar-refractivity contribution in [1.29, 1.82) is 0 Å². The van der Waals surface area contributed by atoms with E-state index in [0.29, 0.717) is 6.61 Å². The Morgan fingerprint density at radius 2 is 2.43 bits per heavy atom. The zero-order valence-corrected chi connectivity index (χ0v) is 8.41. The summed E-state index contributed by atoms with van der Waals surface area (Å²) in [4.78, 5) is 15.3. The van der Waals surface area contributed by atoms with Gasteiger partial charge in [0.1, 0.15) is 6.61 Å².